The van der Waals surface area contributed by atoms with Gasteiger partial charge in [-0.2, -0.15) is 13.2 Å². The Bertz CT molecular complexity index is 1300. The van der Waals surface area contributed by atoms with Gasteiger partial charge in [0.1, 0.15) is 5.82 Å². The minimum atomic E-state index is -4.46. The molecule has 4 rings (SSSR count). The van der Waals surface area contributed by atoms with Gasteiger partial charge in [-0.15, -0.1) is 22.0 Å². The van der Waals surface area contributed by atoms with Crippen LogP contribution in [0.25, 0.3) is 10.9 Å². The molecule has 33 heavy (non-hydrogen) atoms. The molecule has 0 aliphatic rings. The molecule has 0 saturated heterocycles. The summed E-state index contributed by atoms with van der Waals surface area (Å²) in [6.45, 7) is 2.03. The quantitative estimate of drug-likeness (QED) is 0.327. The number of amides is 1. The van der Waals surface area contributed by atoms with Gasteiger partial charge in [-0.25, -0.2) is 0 Å². The number of carbonyl (C=O) groups is 1. The molecule has 0 atom stereocenters. The van der Waals surface area contributed by atoms with E-state index < -0.39 is 17.6 Å². The summed E-state index contributed by atoms with van der Waals surface area (Å²) >= 11 is 2.83. The van der Waals surface area contributed by atoms with E-state index in [9.17, 15) is 18.0 Å². The average Bonchev–Trinajstić information content (AvgIpc) is 3.28. The number of nitrogens with one attached hydrogen (secondary N) is 2. The number of benzene rings is 2. The van der Waals surface area contributed by atoms with Crippen LogP contribution in [0, 0.1) is 6.92 Å². The van der Waals surface area contributed by atoms with Crippen molar-refractivity contribution in [3.05, 3.63) is 65.6 Å². The molecule has 6 nitrogen and oxygen atoms in total. The minimum Gasteiger partial charge on any atom is -0.358 e. The molecule has 4 aromatic rings. The first kappa shape index (κ1) is 23.2. The molecule has 172 valence electrons. The Morgan fingerprint density at radius 3 is 2.70 bits per heavy atom. The zero-order valence-corrected chi connectivity index (χ0v) is 19.4. The number of thioether (sulfide) groups is 2. The van der Waals surface area contributed by atoms with Gasteiger partial charge in [0.05, 0.1) is 17.1 Å². The fourth-order valence-corrected chi connectivity index (χ4v) is 5.13. The highest BCUT2D eigenvalue weighted by atomic mass is 32.2. The molecule has 11 heteroatoms. The summed E-state index contributed by atoms with van der Waals surface area (Å²) in [6, 6.07) is 12.6. The number of para-hydroxylation sites is 1. The van der Waals surface area contributed by atoms with Gasteiger partial charge in [0.2, 0.25) is 5.91 Å². The summed E-state index contributed by atoms with van der Waals surface area (Å²) in [5.74, 6) is 0.929. The van der Waals surface area contributed by atoms with E-state index in [4.69, 9.17) is 0 Å². The summed E-state index contributed by atoms with van der Waals surface area (Å²) in [6.07, 6.45) is -4.46. The summed E-state index contributed by atoms with van der Waals surface area (Å²) in [5, 5.41) is 12.6. The smallest absolute Gasteiger partial charge is 0.358 e. The lowest BCUT2D eigenvalue weighted by Gasteiger charge is -2.09. The van der Waals surface area contributed by atoms with Gasteiger partial charge < -0.3 is 14.9 Å². The van der Waals surface area contributed by atoms with Crippen LogP contribution in [0.1, 0.15) is 17.1 Å². The molecule has 2 heterocycles. The lowest BCUT2D eigenvalue weighted by molar-refractivity contribution is -0.137. The molecule has 0 bridgehead atoms. The molecular formula is C22H20F3N5OS2. The van der Waals surface area contributed by atoms with E-state index in [2.05, 4.69) is 26.6 Å². The van der Waals surface area contributed by atoms with Crippen LogP contribution in [0.3, 0.4) is 0 Å². The number of hydrogen-bond acceptors (Lipinski definition) is 5. The topological polar surface area (TPSA) is 75.6 Å². The molecule has 2 N–H and O–H groups in total. The summed E-state index contributed by atoms with van der Waals surface area (Å²) in [4.78, 5) is 16.8. The third kappa shape index (κ3) is 5.36. The Morgan fingerprint density at radius 2 is 1.91 bits per heavy atom. The lowest BCUT2D eigenvalue weighted by Crippen LogP contribution is -2.15. The third-order valence-electron chi connectivity index (χ3n) is 4.91. The van der Waals surface area contributed by atoms with Gasteiger partial charge in [-0.3, -0.25) is 4.79 Å². The van der Waals surface area contributed by atoms with Crippen LogP contribution in [0.2, 0.25) is 0 Å². The van der Waals surface area contributed by atoms with Gasteiger partial charge in [-0.1, -0.05) is 36.0 Å². The number of fused-ring (bicyclic) bond motifs is 1. The number of aryl methyl sites for hydroxylation is 1. The van der Waals surface area contributed by atoms with Gasteiger partial charge >= 0.3 is 6.18 Å². The summed E-state index contributed by atoms with van der Waals surface area (Å²) in [5.41, 5.74) is 1.45. The first-order valence-corrected chi connectivity index (χ1v) is 11.9. The fourth-order valence-electron chi connectivity index (χ4n) is 3.27. The van der Waals surface area contributed by atoms with E-state index in [-0.39, 0.29) is 11.4 Å². The highest BCUT2D eigenvalue weighted by molar-refractivity contribution is 7.99. The number of carbonyl (C=O) groups excluding carboxylic acids is 1. The zero-order chi connectivity index (χ0) is 23.6. The largest absolute Gasteiger partial charge is 0.416 e. The normalized spacial score (nSPS) is 11.8. The number of H-pyrrole nitrogens is 1. The number of aromatic amines is 1. The predicted octanol–water partition coefficient (Wildman–Crippen LogP) is 5.65. The van der Waals surface area contributed by atoms with E-state index in [1.807, 2.05) is 36.7 Å². The van der Waals surface area contributed by atoms with E-state index in [0.29, 0.717) is 10.9 Å². The second-order valence-electron chi connectivity index (χ2n) is 7.29. The highest BCUT2D eigenvalue weighted by Gasteiger charge is 2.30. The van der Waals surface area contributed by atoms with Crippen molar-refractivity contribution in [3.8, 4) is 0 Å². The Labute approximate surface area is 196 Å². The number of aromatic nitrogens is 4. The van der Waals surface area contributed by atoms with Crippen LogP contribution in [0.5, 0.6) is 0 Å². The number of hydrogen-bond donors (Lipinski definition) is 2. The van der Waals surface area contributed by atoms with Crippen molar-refractivity contribution in [1.82, 2.24) is 19.7 Å². The van der Waals surface area contributed by atoms with Gasteiger partial charge in [-0.05, 0) is 31.2 Å². The highest BCUT2D eigenvalue weighted by Crippen LogP contribution is 2.33. The van der Waals surface area contributed by atoms with Gasteiger partial charge in [0.15, 0.2) is 5.16 Å². The second kappa shape index (κ2) is 9.52. The number of rotatable bonds is 7. The first-order valence-electron chi connectivity index (χ1n) is 9.90. The monoisotopic (exact) mass is 491 g/mol. The van der Waals surface area contributed by atoms with Crippen LogP contribution in [-0.2, 0) is 23.8 Å². The molecular weight excluding hydrogens is 471 g/mol. The second-order valence-corrected chi connectivity index (χ2v) is 9.21. The van der Waals surface area contributed by atoms with Crippen molar-refractivity contribution < 1.29 is 18.0 Å². The molecule has 0 aliphatic heterocycles. The van der Waals surface area contributed by atoms with Crippen LogP contribution < -0.4 is 5.32 Å². The Hall–Kier alpha value is -2.92. The van der Waals surface area contributed by atoms with Crippen molar-refractivity contribution in [2.24, 2.45) is 7.05 Å². The number of nitrogens with zero attached hydrogens (tertiary/aromatic N) is 3. The minimum absolute atomic E-state index is 0.00306. The van der Waals surface area contributed by atoms with Crippen molar-refractivity contribution in [2.45, 2.75) is 28.9 Å². The van der Waals surface area contributed by atoms with Crippen LogP contribution >= 0.6 is 23.5 Å². The van der Waals surface area contributed by atoms with Crippen molar-refractivity contribution >= 4 is 46.0 Å². The standard InChI is InChI=1S/C22H20F3N5OS2/c1-13-20(16-8-3-4-9-17(16)26-13)32-11-18-28-29-21(30(18)2)33-12-19(31)27-15-7-5-6-14(10-15)22(23,24)25/h3-10,26H,11-12H2,1-2H3,(H,27,31). The summed E-state index contributed by atoms with van der Waals surface area (Å²) < 4.78 is 40.3. The SMILES string of the molecule is Cc1[nH]c2ccccc2c1SCc1nnc(SCC(=O)Nc2cccc(C(F)(F)F)c2)n1C. The van der Waals surface area contributed by atoms with E-state index >= 15 is 0 Å². The fraction of sp³-hybridized carbons (Fsp3) is 0.227. The lowest BCUT2D eigenvalue weighted by atomic mass is 10.2. The third-order valence-corrected chi connectivity index (χ3v) is 7.15. The van der Waals surface area contributed by atoms with Crippen LogP contribution in [-0.4, -0.2) is 31.4 Å². The van der Waals surface area contributed by atoms with Crippen LogP contribution in [0.15, 0.2) is 58.6 Å². The Balaban J connectivity index is 1.35. The molecule has 0 radical (unpaired) electrons. The number of anilines is 1. The van der Waals surface area contributed by atoms with Gasteiger partial charge in [0.25, 0.3) is 0 Å². The van der Waals surface area contributed by atoms with E-state index in [1.165, 1.54) is 23.9 Å². The van der Waals surface area contributed by atoms with E-state index in [1.54, 1.807) is 11.8 Å². The maximum absolute atomic E-state index is 12.8. The molecule has 0 unspecified atom stereocenters. The maximum Gasteiger partial charge on any atom is 0.416 e. The Morgan fingerprint density at radius 1 is 1.12 bits per heavy atom. The van der Waals surface area contributed by atoms with Gasteiger partial charge in [0, 0.05) is 34.2 Å². The molecule has 2 aromatic heterocycles. The average molecular weight is 492 g/mol. The molecule has 1 amide bonds. The van der Waals surface area contributed by atoms with Crippen LogP contribution in [0.4, 0.5) is 18.9 Å². The van der Waals surface area contributed by atoms with Crippen molar-refractivity contribution in [2.75, 3.05) is 11.1 Å². The predicted molar refractivity (Wildman–Crippen MR) is 124 cm³/mol. The summed E-state index contributed by atoms with van der Waals surface area (Å²) in [7, 11) is 1.82. The molecule has 0 saturated carbocycles. The molecule has 0 spiro atoms. The van der Waals surface area contributed by atoms with Crippen molar-refractivity contribution in [1.29, 1.82) is 0 Å². The first-order chi connectivity index (χ1) is 15.7. The van der Waals surface area contributed by atoms with Crippen molar-refractivity contribution in [3.63, 3.8) is 0 Å². The van der Waals surface area contributed by atoms with E-state index in [0.717, 1.165) is 39.4 Å². The molecule has 0 aliphatic carbocycles. The molecule has 2 aromatic carbocycles. The molecule has 0 fully saturated rings. The number of alkyl halides is 3. The number of halogens is 3. The Kier molecular flexibility index (Phi) is 6.71. The maximum atomic E-state index is 12.8. The zero-order valence-electron chi connectivity index (χ0n) is 17.7.